The summed E-state index contributed by atoms with van der Waals surface area (Å²) in [7, 11) is 0. The Morgan fingerprint density at radius 2 is 2.17 bits per heavy atom. The molecule has 0 radical (unpaired) electrons. The fourth-order valence-corrected chi connectivity index (χ4v) is 2.00. The molecule has 4 nitrogen and oxygen atoms in total. The number of carbonyl (C=O) groups is 2. The number of anilines is 1. The summed E-state index contributed by atoms with van der Waals surface area (Å²) in [6.07, 6.45) is 1.76. The molecule has 0 unspecified atom stereocenters. The van der Waals surface area contributed by atoms with E-state index in [1.54, 1.807) is 6.07 Å². The molecule has 0 atom stereocenters. The second kappa shape index (κ2) is 5.52. The van der Waals surface area contributed by atoms with Crippen LogP contribution in [0, 0.1) is 12.8 Å². The summed E-state index contributed by atoms with van der Waals surface area (Å²) in [5.41, 5.74) is 1.68. The quantitative estimate of drug-likeness (QED) is 0.870. The van der Waals surface area contributed by atoms with Gasteiger partial charge in [-0.3, -0.25) is 9.59 Å². The average Bonchev–Trinajstić information content (AvgIpc) is 3.14. The van der Waals surface area contributed by atoms with Gasteiger partial charge in [-0.2, -0.15) is 0 Å². The lowest BCUT2D eigenvalue weighted by Crippen LogP contribution is -2.21. The molecule has 96 valence electrons. The third kappa shape index (κ3) is 3.57. The number of halogens is 1. The van der Waals surface area contributed by atoms with E-state index in [4.69, 9.17) is 4.74 Å². The summed E-state index contributed by atoms with van der Waals surface area (Å²) >= 11 is 3.35. The minimum Gasteiger partial charge on any atom is -0.455 e. The molecule has 1 aliphatic carbocycles. The molecule has 1 aromatic rings. The molecule has 0 aromatic heterocycles. The summed E-state index contributed by atoms with van der Waals surface area (Å²) in [4.78, 5) is 22.9. The van der Waals surface area contributed by atoms with Crippen LogP contribution in [0.25, 0.3) is 0 Å². The molecule has 1 amide bonds. The molecule has 18 heavy (non-hydrogen) atoms. The van der Waals surface area contributed by atoms with Gasteiger partial charge in [-0.15, -0.1) is 0 Å². The minimum absolute atomic E-state index is 0.0206. The summed E-state index contributed by atoms with van der Waals surface area (Å²) in [6.45, 7) is 1.68. The van der Waals surface area contributed by atoms with Crippen molar-refractivity contribution in [2.45, 2.75) is 19.8 Å². The van der Waals surface area contributed by atoms with Gasteiger partial charge in [0.1, 0.15) is 0 Å². The minimum atomic E-state index is -0.311. The van der Waals surface area contributed by atoms with Crippen LogP contribution in [-0.4, -0.2) is 18.5 Å². The van der Waals surface area contributed by atoms with Crippen molar-refractivity contribution in [1.82, 2.24) is 0 Å². The molecule has 1 N–H and O–H groups in total. The predicted octanol–water partition coefficient (Wildman–Crippen LogP) is 2.65. The molecule has 0 saturated heterocycles. The van der Waals surface area contributed by atoms with Crippen molar-refractivity contribution >= 4 is 33.5 Å². The van der Waals surface area contributed by atoms with E-state index in [2.05, 4.69) is 21.2 Å². The molecule has 1 aromatic carbocycles. The highest BCUT2D eigenvalue weighted by Crippen LogP contribution is 2.30. The zero-order valence-electron chi connectivity index (χ0n) is 10.0. The number of esters is 1. The maximum atomic E-state index is 11.6. The number of rotatable bonds is 4. The number of aryl methyl sites for hydroxylation is 1. The molecule has 0 heterocycles. The topological polar surface area (TPSA) is 55.4 Å². The maximum Gasteiger partial charge on any atom is 0.309 e. The van der Waals surface area contributed by atoms with Gasteiger partial charge in [-0.05, 0) is 43.5 Å². The van der Waals surface area contributed by atoms with Crippen molar-refractivity contribution in [1.29, 1.82) is 0 Å². The first-order valence-corrected chi connectivity index (χ1v) is 6.58. The van der Waals surface area contributed by atoms with E-state index in [1.165, 1.54) is 0 Å². The molecular formula is C13H14BrNO3. The Hall–Kier alpha value is -1.36. The average molecular weight is 312 g/mol. The van der Waals surface area contributed by atoms with Crippen LogP contribution in [0.2, 0.25) is 0 Å². The predicted molar refractivity (Wildman–Crippen MR) is 71.2 cm³/mol. The van der Waals surface area contributed by atoms with Gasteiger partial charge < -0.3 is 10.1 Å². The van der Waals surface area contributed by atoms with Gasteiger partial charge in [0.15, 0.2) is 6.61 Å². The largest absolute Gasteiger partial charge is 0.455 e. The van der Waals surface area contributed by atoms with E-state index < -0.39 is 0 Å². The van der Waals surface area contributed by atoms with Crippen LogP contribution in [0.3, 0.4) is 0 Å². The molecule has 2 rings (SSSR count). The van der Waals surface area contributed by atoms with Crippen molar-refractivity contribution in [3.8, 4) is 0 Å². The van der Waals surface area contributed by atoms with E-state index >= 15 is 0 Å². The number of benzene rings is 1. The normalized spacial score (nSPS) is 14.1. The number of nitrogens with one attached hydrogen (secondary N) is 1. The van der Waals surface area contributed by atoms with E-state index in [0.717, 1.165) is 28.6 Å². The van der Waals surface area contributed by atoms with Crippen LogP contribution >= 0.6 is 15.9 Å². The monoisotopic (exact) mass is 311 g/mol. The lowest BCUT2D eigenvalue weighted by Gasteiger charge is -2.09. The van der Waals surface area contributed by atoms with Crippen molar-refractivity contribution in [3.63, 3.8) is 0 Å². The molecule has 0 spiro atoms. The van der Waals surface area contributed by atoms with Crippen LogP contribution in [0.15, 0.2) is 22.7 Å². The Kier molecular flexibility index (Phi) is 4.01. The number of carbonyl (C=O) groups excluding carboxylic acids is 2. The Labute approximate surface area is 114 Å². The molecule has 1 saturated carbocycles. The fourth-order valence-electron chi connectivity index (χ4n) is 1.53. The molecule has 1 aliphatic rings. The second-order valence-corrected chi connectivity index (χ2v) is 5.31. The molecular weight excluding hydrogens is 298 g/mol. The lowest BCUT2D eigenvalue weighted by molar-refractivity contribution is -0.148. The summed E-state index contributed by atoms with van der Waals surface area (Å²) in [5.74, 6) is -0.556. The fraction of sp³-hybridized carbons (Fsp3) is 0.385. The Balaban J connectivity index is 1.84. The van der Waals surface area contributed by atoms with Gasteiger partial charge in [0.25, 0.3) is 5.91 Å². The van der Waals surface area contributed by atoms with E-state index in [-0.39, 0.29) is 24.4 Å². The maximum absolute atomic E-state index is 11.6. The number of ether oxygens (including phenoxy) is 1. The number of amides is 1. The first-order chi connectivity index (χ1) is 8.56. The van der Waals surface area contributed by atoms with Crippen LogP contribution in [0.5, 0.6) is 0 Å². The van der Waals surface area contributed by atoms with Crippen LogP contribution < -0.4 is 5.32 Å². The highest BCUT2D eigenvalue weighted by atomic mass is 79.9. The first kappa shape index (κ1) is 13.1. The van der Waals surface area contributed by atoms with Crippen molar-refractivity contribution < 1.29 is 14.3 Å². The lowest BCUT2D eigenvalue weighted by atomic mass is 10.2. The summed E-state index contributed by atoms with van der Waals surface area (Å²) in [6, 6.07) is 5.56. The van der Waals surface area contributed by atoms with Crippen molar-refractivity contribution in [3.05, 3.63) is 28.2 Å². The summed E-state index contributed by atoms with van der Waals surface area (Å²) < 4.78 is 5.86. The Morgan fingerprint density at radius 3 is 2.78 bits per heavy atom. The SMILES string of the molecule is Cc1cc(Br)ccc1NC(=O)COC(=O)C1CC1. The van der Waals surface area contributed by atoms with Crippen molar-refractivity contribution in [2.75, 3.05) is 11.9 Å². The highest BCUT2D eigenvalue weighted by molar-refractivity contribution is 9.10. The van der Waals surface area contributed by atoms with E-state index in [0.29, 0.717) is 0 Å². The molecule has 0 bridgehead atoms. The third-order valence-electron chi connectivity index (χ3n) is 2.72. The second-order valence-electron chi connectivity index (χ2n) is 4.39. The third-order valence-corrected chi connectivity index (χ3v) is 3.21. The smallest absolute Gasteiger partial charge is 0.309 e. The zero-order valence-corrected chi connectivity index (χ0v) is 11.6. The Bertz CT molecular complexity index is 483. The Morgan fingerprint density at radius 1 is 1.44 bits per heavy atom. The van der Waals surface area contributed by atoms with Crippen LogP contribution in [-0.2, 0) is 14.3 Å². The first-order valence-electron chi connectivity index (χ1n) is 5.79. The molecule has 0 aliphatic heterocycles. The van der Waals surface area contributed by atoms with Gasteiger partial charge >= 0.3 is 5.97 Å². The zero-order chi connectivity index (χ0) is 13.1. The standard InChI is InChI=1S/C13H14BrNO3/c1-8-6-10(14)4-5-11(8)15-12(16)7-18-13(17)9-2-3-9/h4-6,9H,2-3,7H2,1H3,(H,15,16). The van der Waals surface area contributed by atoms with E-state index in [1.807, 2.05) is 19.1 Å². The van der Waals surface area contributed by atoms with Gasteiger partial charge in [-0.25, -0.2) is 0 Å². The number of hydrogen-bond donors (Lipinski definition) is 1. The van der Waals surface area contributed by atoms with Crippen LogP contribution in [0.1, 0.15) is 18.4 Å². The van der Waals surface area contributed by atoms with Gasteiger partial charge in [-0.1, -0.05) is 15.9 Å². The van der Waals surface area contributed by atoms with Gasteiger partial charge in [0, 0.05) is 10.2 Å². The van der Waals surface area contributed by atoms with Gasteiger partial charge in [0.2, 0.25) is 0 Å². The van der Waals surface area contributed by atoms with E-state index in [9.17, 15) is 9.59 Å². The van der Waals surface area contributed by atoms with Gasteiger partial charge in [0.05, 0.1) is 5.92 Å². The highest BCUT2D eigenvalue weighted by Gasteiger charge is 2.31. The molecule has 5 heteroatoms. The number of hydrogen-bond acceptors (Lipinski definition) is 3. The summed E-state index contributed by atoms with van der Waals surface area (Å²) in [5, 5.41) is 2.72. The van der Waals surface area contributed by atoms with Crippen molar-refractivity contribution in [2.24, 2.45) is 5.92 Å². The molecule has 1 fully saturated rings. The van der Waals surface area contributed by atoms with Crippen LogP contribution in [0.4, 0.5) is 5.69 Å².